The second-order valence-electron chi connectivity index (χ2n) is 7.30. The topological polar surface area (TPSA) is 96.1 Å². The lowest BCUT2D eigenvalue weighted by Crippen LogP contribution is -2.30. The molecule has 4 rings (SSSR count). The van der Waals surface area contributed by atoms with E-state index < -0.39 is 12.0 Å². The predicted octanol–water partition coefficient (Wildman–Crippen LogP) is 2.63. The van der Waals surface area contributed by atoms with Crippen LogP contribution in [0.4, 0.5) is 5.69 Å². The molecule has 1 atom stereocenters. The summed E-state index contributed by atoms with van der Waals surface area (Å²) in [5.74, 6) is 0.627. The third-order valence-corrected chi connectivity index (χ3v) is 5.48. The van der Waals surface area contributed by atoms with Crippen LogP contribution >= 0.6 is 0 Å². The highest BCUT2D eigenvalue weighted by molar-refractivity contribution is 6.08. The molecule has 0 saturated carbocycles. The molecule has 0 unspecified atom stereocenters. The van der Waals surface area contributed by atoms with Gasteiger partial charge in [-0.2, -0.15) is 0 Å². The maximum Gasteiger partial charge on any atom is 0.295 e. The molecule has 1 amide bonds. The van der Waals surface area contributed by atoms with Gasteiger partial charge in [0.2, 0.25) is 6.10 Å². The van der Waals surface area contributed by atoms with E-state index in [4.69, 9.17) is 14.3 Å². The van der Waals surface area contributed by atoms with Crippen molar-refractivity contribution in [3.8, 4) is 17.2 Å². The van der Waals surface area contributed by atoms with Crippen LogP contribution < -0.4 is 20.3 Å². The average Bonchev–Trinajstić information content (AvgIpc) is 3.39. The van der Waals surface area contributed by atoms with Crippen LogP contribution in [-0.2, 0) is 16.7 Å². The average molecular weight is 436 g/mol. The molecular formula is C23H24N4O5. The Kier molecular flexibility index (Phi) is 5.72. The molecule has 32 heavy (non-hydrogen) atoms. The lowest BCUT2D eigenvalue weighted by Gasteiger charge is -2.12. The number of benzene rings is 2. The van der Waals surface area contributed by atoms with Crippen LogP contribution in [0, 0.1) is 6.92 Å². The summed E-state index contributed by atoms with van der Waals surface area (Å²) in [4.78, 5) is 31.3. The molecule has 9 nitrogen and oxygen atoms in total. The molecule has 1 aromatic heterocycles. The number of rotatable bonds is 6. The summed E-state index contributed by atoms with van der Waals surface area (Å²) in [7, 11) is 4.86. The quantitative estimate of drug-likeness (QED) is 0.641. The van der Waals surface area contributed by atoms with Crippen molar-refractivity contribution in [2.75, 3.05) is 19.5 Å². The number of hydrogen-bond donors (Lipinski definition) is 1. The van der Waals surface area contributed by atoms with E-state index in [1.807, 2.05) is 42.5 Å². The summed E-state index contributed by atoms with van der Waals surface area (Å²) in [5, 5.41) is 6.81. The van der Waals surface area contributed by atoms with E-state index in [-0.39, 0.29) is 17.7 Å². The molecule has 2 heterocycles. The van der Waals surface area contributed by atoms with Crippen molar-refractivity contribution in [3.05, 3.63) is 70.1 Å². The number of aromatic nitrogens is 2. The Hall–Kier alpha value is -4.01. The fourth-order valence-corrected chi connectivity index (χ4v) is 3.71. The number of nitrogens with zero attached hydrogens (tertiary/aromatic N) is 3. The summed E-state index contributed by atoms with van der Waals surface area (Å²) in [5.41, 5.74) is 2.46. The van der Waals surface area contributed by atoms with Crippen molar-refractivity contribution in [3.63, 3.8) is 0 Å². The zero-order valence-corrected chi connectivity index (χ0v) is 18.3. The van der Waals surface area contributed by atoms with Crippen LogP contribution in [-0.4, -0.2) is 41.3 Å². The lowest BCUT2D eigenvalue weighted by molar-refractivity contribution is -0.125. The molecule has 0 radical (unpaired) electrons. The van der Waals surface area contributed by atoms with E-state index in [0.29, 0.717) is 34.2 Å². The number of carbonyl (C=O) groups is 1. The number of methoxy groups -OCH3 is 2. The van der Waals surface area contributed by atoms with Crippen molar-refractivity contribution in [2.24, 2.45) is 12.2 Å². The summed E-state index contributed by atoms with van der Waals surface area (Å²) >= 11 is 0. The number of carbonyl (C=O) groups excluding carboxylic acids is 1. The molecule has 3 aromatic rings. The van der Waals surface area contributed by atoms with E-state index in [1.165, 1.54) is 11.8 Å². The molecule has 0 saturated heterocycles. The Bertz CT molecular complexity index is 1240. The first-order valence-corrected chi connectivity index (χ1v) is 10.0. The molecule has 1 aliphatic heterocycles. The fourth-order valence-electron chi connectivity index (χ4n) is 3.71. The Morgan fingerprint density at radius 1 is 1.12 bits per heavy atom. The number of oxime groups is 1. The second-order valence-corrected chi connectivity index (χ2v) is 7.30. The maximum atomic E-state index is 13.0. The summed E-state index contributed by atoms with van der Waals surface area (Å²) in [6.07, 6.45) is -0.640. The van der Waals surface area contributed by atoms with E-state index in [0.717, 1.165) is 0 Å². The highest BCUT2D eigenvalue weighted by atomic mass is 16.6. The van der Waals surface area contributed by atoms with Gasteiger partial charge in [0, 0.05) is 19.0 Å². The number of anilines is 1. The number of amides is 1. The van der Waals surface area contributed by atoms with Gasteiger partial charge in [0.25, 0.3) is 11.5 Å². The van der Waals surface area contributed by atoms with Gasteiger partial charge in [0.15, 0.2) is 11.5 Å². The smallest absolute Gasteiger partial charge is 0.295 e. The van der Waals surface area contributed by atoms with E-state index in [9.17, 15) is 9.59 Å². The van der Waals surface area contributed by atoms with E-state index in [1.54, 1.807) is 31.8 Å². The lowest BCUT2D eigenvalue weighted by atomic mass is 10.0. The van der Waals surface area contributed by atoms with Crippen LogP contribution in [0.3, 0.4) is 0 Å². The van der Waals surface area contributed by atoms with Crippen molar-refractivity contribution in [1.29, 1.82) is 0 Å². The Morgan fingerprint density at radius 3 is 2.56 bits per heavy atom. The third kappa shape index (κ3) is 3.62. The third-order valence-electron chi connectivity index (χ3n) is 5.48. The summed E-state index contributed by atoms with van der Waals surface area (Å²) in [6, 6.07) is 14.6. The highest BCUT2D eigenvalue weighted by Gasteiger charge is 2.32. The number of para-hydroxylation sites is 2. The van der Waals surface area contributed by atoms with Gasteiger partial charge in [-0.3, -0.25) is 14.3 Å². The first kappa shape index (κ1) is 21.2. The first-order valence-electron chi connectivity index (χ1n) is 10.0. The largest absolute Gasteiger partial charge is 0.493 e. The van der Waals surface area contributed by atoms with Crippen LogP contribution in [0.2, 0.25) is 0 Å². The fraction of sp³-hybridized carbons (Fsp3) is 0.261. The molecule has 0 spiro atoms. The Balaban J connectivity index is 1.55. The zero-order chi connectivity index (χ0) is 22.8. The Labute approximate surface area is 184 Å². The van der Waals surface area contributed by atoms with Gasteiger partial charge in [-0.05, 0) is 31.2 Å². The van der Waals surface area contributed by atoms with Gasteiger partial charge in [-0.25, -0.2) is 4.68 Å². The number of ether oxygens (including phenoxy) is 2. The molecule has 1 aliphatic rings. The van der Waals surface area contributed by atoms with Crippen LogP contribution in [0.25, 0.3) is 5.69 Å². The van der Waals surface area contributed by atoms with E-state index in [2.05, 4.69) is 10.5 Å². The molecule has 0 bridgehead atoms. The summed E-state index contributed by atoms with van der Waals surface area (Å²) in [6.45, 7) is 1.77. The van der Waals surface area contributed by atoms with Gasteiger partial charge in [-0.15, -0.1) is 0 Å². The van der Waals surface area contributed by atoms with Gasteiger partial charge < -0.3 is 19.6 Å². The molecule has 0 aliphatic carbocycles. The standard InChI is InChI=1S/C23H24N4O5/c1-14-20(23(29)27(26(14)2)15-9-6-5-7-10-15)24-22(28)19-13-17(25-32-19)16-11-8-12-18(30-3)21(16)31-4/h5-12,19H,13H2,1-4H3,(H,24,28)/t19-/m1/s1. The second kappa shape index (κ2) is 8.62. The maximum absolute atomic E-state index is 13.0. The van der Waals surface area contributed by atoms with Crippen molar-refractivity contribution < 1.29 is 19.1 Å². The molecule has 9 heteroatoms. The van der Waals surface area contributed by atoms with E-state index >= 15 is 0 Å². The SMILES string of the molecule is COc1cccc(C2=NO[C@@H](C(=O)Nc3c(C)n(C)n(-c4ccccc4)c3=O)C2)c1OC. The zero-order valence-electron chi connectivity index (χ0n) is 18.3. The van der Waals surface area contributed by atoms with Crippen LogP contribution in [0.5, 0.6) is 11.5 Å². The molecule has 0 fully saturated rings. The van der Waals surface area contributed by atoms with Gasteiger partial charge in [-0.1, -0.05) is 29.4 Å². The summed E-state index contributed by atoms with van der Waals surface area (Å²) < 4.78 is 14.0. The highest BCUT2D eigenvalue weighted by Crippen LogP contribution is 2.33. The minimum absolute atomic E-state index is 0.206. The molecular weight excluding hydrogens is 412 g/mol. The van der Waals surface area contributed by atoms with Crippen LogP contribution in [0.15, 0.2) is 58.5 Å². The Morgan fingerprint density at radius 2 is 1.88 bits per heavy atom. The number of nitrogens with one attached hydrogen (secondary N) is 1. The normalized spacial score (nSPS) is 15.1. The monoisotopic (exact) mass is 436 g/mol. The van der Waals surface area contributed by atoms with Crippen molar-refractivity contribution in [1.82, 2.24) is 9.36 Å². The van der Waals surface area contributed by atoms with Gasteiger partial charge >= 0.3 is 0 Å². The van der Waals surface area contributed by atoms with Gasteiger partial charge in [0.05, 0.1) is 31.3 Å². The van der Waals surface area contributed by atoms with Crippen molar-refractivity contribution >= 4 is 17.3 Å². The van der Waals surface area contributed by atoms with Gasteiger partial charge in [0.1, 0.15) is 5.69 Å². The van der Waals surface area contributed by atoms with Crippen LogP contribution in [0.1, 0.15) is 17.7 Å². The molecule has 166 valence electrons. The van der Waals surface area contributed by atoms with Crippen molar-refractivity contribution in [2.45, 2.75) is 19.4 Å². The number of hydrogen-bond acceptors (Lipinski definition) is 6. The minimum atomic E-state index is -0.870. The molecule has 2 aromatic carbocycles. The molecule has 1 N–H and O–H groups in total. The minimum Gasteiger partial charge on any atom is -0.493 e. The first-order chi connectivity index (χ1) is 15.5. The predicted molar refractivity (Wildman–Crippen MR) is 120 cm³/mol.